The molecular weight excluding hydrogens is 383 g/mol. The molecule has 29 heavy (non-hydrogen) atoms. The molecule has 1 aliphatic rings. The molecular formula is C21H16F3N3O2. The van der Waals surface area contributed by atoms with Crippen LogP contribution >= 0.6 is 0 Å². The Morgan fingerprint density at radius 2 is 1.86 bits per heavy atom. The van der Waals surface area contributed by atoms with Crippen LogP contribution < -0.4 is 10.1 Å². The number of amides is 1. The first-order valence-electron chi connectivity index (χ1n) is 8.92. The second-order valence-corrected chi connectivity index (χ2v) is 6.62. The smallest absolute Gasteiger partial charge is 0.417 e. The summed E-state index contributed by atoms with van der Waals surface area (Å²) in [4.78, 5) is 20.4. The molecule has 0 fully saturated rings. The number of carbonyl (C=O) groups is 1. The standard InChI is InChI=1S/C21H16F3N3O2/c22-21(23,24)18-7-2-1-5-17(18)20(28)27-11-15-8-13-4-3-6-16(19(13)29-15)14-9-25-12-26-10-14/h1-7,9-10,12,15H,8,11H2,(H,27,28)/t15-/m1/s1. The molecule has 2 heterocycles. The molecule has 1 aromatic heterocycles. The fourth-order valence-electron chi connectivity index (χ4n) is 3.35. The van der Waals surface area contributed by atoms with Crippen molar-refractivity contribution in [2.75, 3.05) is 6.54 Å². The summed E-state index contributed by atoms with van der Waals surface area (Å²) in [6, 6.07) is 10.4. The van der Waals surface area contributed by atoms with Crippen LogP contribution in [0.3, 0.4) is 0 Å². The summed E-state index contributed by atoms with van der Waals surface area (Å²) >= 11 is 0. The number of fused-ring (bicyclic) bond motifs is 1. The molecule has 0 aliphatic carbocycles. The summed E-state index contributed by atoms with van der Waals surface area (Å²) in [5.74, 6) is -0.105. The molecule has 2 aromatic carbocycles. The van der Waals surface area contributed by atoms with E-state index in [1.807, 2.05) is 18.2 Å². The lowest BCUT2D eigenvalue weighted by atomic mass is 10.0. The average Bonchev–Trinajstić information content (AvgIpc) is 3.15. The van der Waals surface area contributed by atoms with E-state index in [4.69, 9.17) is 4.74 Å². The zero-order chi connectivity index (χ0) is 20.4. The minimum Gasteiger partial charge on any atom is -0.487 e. The van der Waals surface area contributed by atoms with Crippen molar-refractivity contribution in [3.63, 3.8) is 0 Å². The maximum absolute atomic E-state index is 13.1. The lowest BCUT2D eigenvalue weighted by Crippen LogP contribution is -2.35. The summed E-state index contributed by atoms with van der Waals surface area (Å²) in [5, 5.41) is 2.56. The molecule has 4 rings (SSSR count). The van der Waals surface area contributed by atoms with Crippen LogP contribution in [0.4, 0.5) is 13.2 Å². The van der Waals surface area contributed by atoms with Gasteiger partial charge in [-0.25, -0.2) is 9.97 Å². The maximum Gasteiger partial charge on any atom is 0.417 e. The number of hydrogen-bond acceptors (Lipinski definition) is 4. The van der Waals surface area contributed by atoms with Crippen molar-refractivity contribution in [1.29, 1.82) is 0 Å². The van der Waals surface area contributed by atoms with Crippen LogP contribution in [0.5, 0.6) is 5.75 Å². The zero-order valence-corrected chi connectivity index (χ0v) is 15.1. The Labute approximate surface area is 164 Å². The number of aromatic nitrogens is 2. The van der Waals surface area contributed by atoms with Crippen molar-refractivity contribution in [1.82, 2.24) is 15.3 Å². The Morgan fingerprint density at radius 1 is 1.10 bits per heavy atom. The number of carbonyl (C=O) groups excluding carboxylic acids is 1. The number of para-hydroxylation sites is 1. The molecule has 0 saturated carbocycles. The molecule has 148 valence electrons. The van der Waals surface area contributed by atoms with Crippen LogP contribution in [-0.4, -0.2) is 28.5 Å². The Kier molecular flexibility index (Phi) is 4.92. The summed E-state index contributed by atoms with van der Waals surface area (Å²) in [6.45, 7) is 0.0877. The van der Waals surface area contributed by atoms with Crippen molar-refractivity contribution < 1.29 is 22.7 Å². The van der Waals surface area contributed by atoms with Crippen molar-refractivity contribution in [2.45, 2.75) is 18.7 Å². The molecule has 8 heteroatoms. The van der Waals surface area contributed by atoms with Gasteiger partial charge in [0.1, 0.15) is 18.2 Å². The normalized spacial score (nSPS) is 15.5. The molecule has 1 N–H and O–H groups in total. The molecule has 1 aliphatic heterocycles. The monoisotopic (exact) mass is 399 g/mol. The van der Waals surface area contributed by atoms with Gasteiger partial charge in [-0.05, 0) is 17.7 Å². The summed E-state index contributed by atoms with van der Waals surface area (Å²) in [7, 11) is 0. The summed E-state index contributed by atoms with van der Waals surface area (Å²) in [6.07, 6.45) is 0.353. The Balaban J connectivity index is 1.47. The number of rotatable bonds is 4. The Bertz CT molecular complexity index is 1040. The van der Waals surface area contributed by atoms with Crippen molar-refractivity contribution >= 4 is 5.91 Å². The second kappa shape index (κ2) is 7.54. The van der Waals surface area contributed by atoms with E-state index < -0.39 is 23.2 Å². The van der Waals surface area contributed by atoms with Crippen molar-refractivity contribution in [2.24, 2.45) is 0 Å². The molecule has 0 spiro atoms. The van der Waals surface area contributed by atoms with Crippen LogP contribution in [0.25, 0.3) is 11.1 Å². The third kappa shape index (κ3) is 3.91. The number of nitrogens with one attached hydrogen (secondary N) is 1. The van der Waals surface area contributed by atoms with Crippen LogP contribution in [0, 0.1) is 0 Å². The van der Waals surface area contributed by atoms with Crippen molar-refractivity contribution in [3.05, 3.63) is 77.9 Å². The molecule has 0 saturated heterocycles. The highest BCUT2D eigenvalue weighted by molar-refractivity contribution is 5.95. The van der Waals surface area contributed by atoms with Crippen LogP contribution in [0.15, 0.2) is 61.2 Å². The van der Waals surface area contributed by atoms with Gasteiger partial charge in [0.2, 0.25) is 0 Å². The van der Waals surface area contributed by atoms with Gasteiger partial charge in [-0.15, -0.1) is 0 Å². The largest absolute Gasteiger partial charge is 0.487 e. The summed E-state index contributed by atoms with van der Waals surface area (Å²) in [5.41, 5.74) is 1.23. The minimum absolute atomic E-state index is 0.0877. The average molecular weight is 399 g/mol. The van der Waals surface area contributed by atoms with Gasteiger partial charge in [0.25, 0.3) is 5.91 Å². The van der Waals surface area contributed by atoms with Gasteiger partial charge in [0.05, 0.1) is 17.7 Å². The SMILES string of the molecule is O=C(NC[C@H]1Cc2cccc(-c3cncnc3)c2O1)c1ccccc1C(F)(F)F. The van der Waals surface area contributed by atoms with Crippen LogP contribution in [0.1, 0.15) is 21.5 Å². The number of nitrogens with zero attached hydrogens (tertiary/aromatic N) is 2. The first-order chi connectivity index (χ1) is 13.9. The molecule has 0 radical (unpaired) electrons. The highest BCUT2D eigenvalue weighted by Crippen LogP contribution is 2.38. The zero-order valence-electron chi connectivity index (χ0n) is 15.1. The molecule has 0 bridgehead atoms. The second-order valence-electron chi connectivity index (χ2n) is 6.62. The van der Waals surface area contributed by atoms with E-state index >= 15 is 0 Å². The summed E-state index contributed by atoms with van der Waals surface area (Å²) < 4.78 is 45.3. The number of halogens is 3. The fourth-order valence-corrected chi connectivity index (χ4v) is 3.35. The maximum atomic E-state index is 13.1. The third-order valence-electron chi connectivity index (χ3n) is 4.67. The first kappa shape index (κ1) is 18.9. The third-order valence-corrected chi connectivity index (χ3v) is 4.67. The molecule has 1 amide bonds. The van der Waals surface area contributed by atoms with E-state index in [1.165, 1.54) is 18.5 Å². The lowest BCUT2D eigenvalue weighted by molar-refractivity contribution is -0.137. The molecule has 3 aromatic rings. The van der Waals surface area contributed by atoms with Gasteiger partial charge in [-0.3, -0.25) is 4.79 Å². The van der Waals surface area contributed by atoms with Gasteiger partial charge >= 0.3 is 6.18 Å². The molecule has 5 nitrogen and oxygen atoms in total. The van der Waals surface area contributed by atoms with Crippen LogP contribution in [-0.2, 0) is 12.6 Å². The van der Waals surface area contributed by atoms with Gasteiger partial charge < -0.3 is 10.1 Å². The number of alkyl halides is 3. The van der Waals surface area contributed by atoms with Crippen molar-refractivity contribution in [3.8, 4) is 16.9 Å². The highest BCUT2D eigenvalue weighted by atomic mass is 19.4. The predicted molar refractivity (Wildman–Crippen MR) is 99.4 cm³/mol. The lowest BCUT2D eigenvalue weighted by Gasteiger charge is -2.15. The molecule has 0 unspecified atom stereocenters. The van der Waals surface area contributed by atoms with Gasteiger partial charge in [-0.2, -0.15) is 13.2 Å². The number of ether oxygens (including phenoxy) is 1. The van der Waals surface area contributed by atoms with E-state index in [9.17, 15) is 18.0 Å². The van der Waals surface area contributed by atoms with Gasteiger partial charge in [0, 0.05) is 29.9 Å². The fraction of sp³-hybridized carbons (Fsp3) is 0.190. The van der Waals surface area contributed by atoms with E-state index in [-0.39, 0.29) is 12.6 Å². The van der Waals surface area contributed by atoms with Gasteiger partial charge in [0.15, 0.2) is 0 Å². The van der Waals surface area contributed by atoms with Crippen LogP contribution in [0.2, 0.25) is 0 Å². The number of hydrogen-bond donors (Lipinski definition) is 1. The predicted octanol–water partition coefficient (Wildman–Crippen LogP) is 3.90. The first-order valence-corrected chi connectivity index (χ1v) is 8.92. The van der Waals surface area contributed by atoms with E-state index in [2.05, 4.69) is 15.3 Å². The minimum atomic E-state index is -4.60. The Morgan fingerprint density at radius 3 is 2.62 bits per heavy atom. The number of benzene rings is 2. The van der Waals surface area contributed by atoms with E-state index in [0.717, 1.165) is 28.8 Å². The highest BCUT2D eigenvalue weighted by Gasteiger charge is 2.35. The topological polar surface area (TPSA) is 64.1 Å². The quantitative estimate of drug-likeness (QED) is 0.723. The van der Waals surface area contributed by atoms with E-state index in [1.54, 1.807) is 12.4 Å². The van der Waals surface area contributed by atoms with E-state index in [0.29, 0.717) is 12.2 Å². The molecule has 1 atom stereocenters. The van der Waals surface area contributed by atoms with Gasteiger partial charge in [-0.1, -0.05) is 30.3 Å². The Hall–Kier alpha value is -3.42.